The summed E-state index contributed by atoms with van der Waals surface area (Å²) in [6.45, 7) is 4.03. The van der Waals surface area contributed by atoms with E-state index in [-0.39, 0.29) is 5.78 Å². The number of rotatable bonds is 3. The molecule has 0 saturated heterocycles. The van der Waals surface area contributed by atoms with Gasteiger partial charge in [0.25, 0.3) is 0 Å². The number of hydrogen-bond acceptors (Lipinski definition) is 1. The van der Waals surface area contributed by atoms with Gasteiger partial charge in [0.2, 0.25) is 0 Å². The van der Waals surface area contributed by atoms with Crippen molar-refractivity contribution in [3.63, 3.8) is 0 Å². The molecule has 1 nitrogen and oxygen atoms in total. The van der Waals surface area contributed by atoms with Gasteiger partial charge in [0.05, 0.1) is 0 Å². The minimum absolute atomic E-state index is 0.149. The summed E-state index contributed by atoms with van der Waals surface area (Å²) in [6.07, 6.45) is 0.448. The molecule has 0 aliphatic rings. The Morgan fingerprint density at radius 3 is 2.56 bits per heavy atom. The van der Waals surface area contributed by atoms with Crippen LogP contribution in [0.5, 0.6) is 0 Å². The fourth-order valence-electron chi connectivity index (χ4n) is 1.97. The van der Waals surface area contributed by atoms with Crippen LogP contribution in [-0.2, 0) is 6.42 Å². The van der Waals surface area contributed by atoms with Gasteiger partial charge in [-0.3, -0.25) is 4.79 Å². The zero-order chi connectivity index (χ0) is 13.1. The Bertz CT molecular complexity index is 587. The van der Waals surface area contributed by atoms with Crippen LogP contribution in [0.3, 0.4) is 0 Å². The molecule has 0 spiro atoms. The van der Waals surface area contributed by atoms with Crippen LogP contribution in [0.4, 0.5) is 0 Å². The first-order valence-electron chi connectivity index (χ1n) is 5.92. The van der Waals surface area contributed by atoms with Crippen molar-refractivity contribution in [3.05, 3.63) is 69.2 Å². The predicted molar refractivity (Wildman–Crippen MR) is 78.1 cm³/mol. The Kier molecular flexibility index (Phi) is 3.97. The molecule has 0 unspecified atom stereocenters. The lowest BCUT2D eigenvalue weighted by Crippen LogP contribution is -2.05. The summed E-state index contributed by atoms with van der Waals surface area (Å²) in [5.74, 6) is 0.149. The van der Waals surface area contributed by atoms with Crippen molar-refractivity contribution in [2.24, 2.45) is 0 Å². The van der Waals surface area contributed by atoms with Crippen LogP contribution in [0, 0.1) is 13.8 Å². The highest BCUT2D eigenvalue weighted by Crippen LogP contribution is 2.22. The number of carbonyl (C=O) groups excluding carboxylic acids is 1. The molecule has 92 valence electrons. The molecule has 0 bridgehead atoms. The van der Waals surface area contributed by atoms with E-state index in [0.29, 0.717) is 6.42 Å². The molecule has 0 radical (unpaired) electrons. The average molecular weight is 303 g/mol. The molecule has 2 aromatic carbocycles. The van der Waals surface area contributed by atoms with Gasteiger partial charge in [0, 0.05) is 16.5 Å². The van der Waals surface area contributed by atoms with Gasteiger partial charge in [0.1, 0.15) is 0 Å². The molecule has 0 heterocycles. The second kappa shape index (κ2) is 5.49. The van der Waals surface area contributed by atoms with Crippen molar-refractivity contribution in [1.29, 1.82) is 0 Å². The molecule has 18 heavy (non-hydrogen) atoms. The summed E-state index contributed by atoms with van der Waals surface area (Å²) in [5, 5.41) is 0. The number of Topliss-reactive ketones (excluding diaryl/α,β-unsaturated/α-hetero) is 1. The van der Waals surface area contributed by atoms with E-state index >= 15 is 0 Å². The first-order valence-corrected chi connectivity index (χ1v) is 6.71. The largest absolute Gasteiger partial charge is 0.294 e. The van der Waals surface area contributed by atoms with Crippen molar-refractivity contribution in [2.75, 3.05) is 0 Å². The van der Waals surface area contributed by atoms with Crippen molar-refractivity contribution in [2.45, 2.75) is 20.3 Å². The predicted octanol–water partition coefficient (Wildman–Crippen LogP) is 4.49. The summed E-state index contributed by atoms with van der Waals surface area (Å²) < 4.78 is 0.905. The van der Waals surface area contributed by atoms with Crippen LogP contribution in [0.2, 0.25) is 0 Å². The molecule has 0 saturated carbocycles. The van der Waals surface area contributed by atoms with E-state index in [1.165, 1.54) is 5.56 Å². The lowest BCUT2D eigenvalue weighted by atomic mass is 10.0. The number of benzene rings is 2. The Labute approximate surface area is 116 Å². The quantitative estimate of drug-likeness (QED) is 0.763. The molecular formula is C16H15BrO. The third-order valence-corrected chi connectivity index (χ3v) is 3.99. The summed E-state index contributed by atoms with van der Waals surface area (Å²) in [5.41, 5.74) is 4.10. The second-order valence-electron chi connectivity index (χ2n) is 4.53. The third-order valence-electron chi connectivity index (χ3n) is 2.94. The standard InChI is InChI=1S/C16H15BrO/c1-11-5-3-7-13(9-11)10-15(18)14-8-4-6-12(2)16(14)17/h3-9H,10H2,1-2H3. The normalized spacial score (nSPS) is 10.4. The Morgan fingerprint density at radius 2 is 1.83 bits per heavy atom. The van der Waals surface area contributed by atoms with Gasteiger partial charge in [0.15, 0.2) is 5.78 Å². The highest BCUT2D eigenvalue weighted by atomic mass is 79.9. The van der Waals surface area contributed by atoms with Gasteiger partial charge in [-0.05, 0) is 40.9 Å². The Morgan fingerprint density at radius 1 is 1.11 bits per heavy atom. The van der Waals surface area contributed by atoms with Crippen molar-refractivity contribution in [3.8, 4) is 0 Å². The molecule has 0 N–H and O–H groups in total. The first-order chi connectivity index (χ1) is 8.58. The molecule has 0 aliphatic heterocycles. The van der Waals surface area contributed by atoms with E-state index in [1.54, 1.807) is 0 Å². The van der Waals surface area contributed by atoms with Gasteiger partial charge in [-0.1, -0.05) is 48.0 Å². The van der Waals surface area contributed by atoms with Crippen LogP contribution in [0.1, 0.15) is 27.0 Å². The zero-order valence-corrected chi connectivity index (χ0v) is 12.1. The van der Waals surface area contributed by atoms with Crippen molar-refractivity contribution in [1.82, 2.24) is 0 Å². The first kappa shape index (κ1) is 13.0. The minimum Gasteiger partial charge on any atom is -0.294 e. The van der Waals surface area contributed by atoms with Crippen LogP contribution < -0.4 is 0 Å². The third kappa shape index (κ3) is 2.88. The van der Waals surface area contributed by atoms with E-state index in [0.717, 1.165) is 21.2 Å². The van der Waals surface area contributed by atoms with E-state index in [4.69, 9.17) is 0 Å². The molecule has 0 aliphatic carbocycles. The van der Waals surface area contributed by atoms with Crippen LogP contribution >= 0.6 is 15.9 Å². The molecule has 0 fully saturated rings. The van der Waals surface area contributed by atoms with E-state index in [9.17, 15) is 4.79 Å². The van der Waals surface area contributed by atoms with Crippen molar-refractivity contribution < 1.29 is 4.79 Å². The van der Waals surface area contributed by atoms with Crippen LogP contribution in [-0.4, -0.2) is 5.78 Å². The molecular weight excluding hydrogens is 288 g/mol. The summed E-state index contributed by atoms with van der Waals surface area (Å²) in [7, 11) is 0. The number of halogens is 1. The lowest BCUT2D eigenvalue weighted by molar-refractivity contribution is 0.0992. The SMILES string of the molecule is Cc1cccc(CC(=O)c2cccc(C)c2Br)c1. The van der Waals surface area contributed by atoms with Gasteiger partial charge in [-0.15, -0.1) is 0 Å². The zero-order valence-electron chi connectivity index (χ0n) is 10.5. The number of aryl methyl sites for hydroxylation is 2. The molecule has 0 atom stereocenters. The molecule has 0 amide bonds. The highest BCUT2D eigenvalue weighted by molar-refractivity contribution is 9.10. The minimum atomic E-state index is 0.149. The van der Waals surface area contributed by atoms with Crippen molar-refractivity contribution >= 4 is 21.7 Å². The van der Waals surface area contributed by atoms with E-state index in [2.05, 4.69) is 22.0 Å². The van der Waals surface area contributed by atoms with Gasteiger partial charge in [-0.25, -0.2) is 0 Å². The summed E-state index contributed by atoms with van der Waals surface area (Å²) in [6, 6.07) is 13.9. The van der Waals surface area contributed by atoms with Gasteiger partial charge >= 0.3 is 0 Å². The molecule has 0 aromatic heterocycles. The maximum atomic E-state index is 12.3. The lowest BCUT2D eigenvalue weighted by Gasteiger charge is -2.06. The molecule has 2 heteroatoms. The monoisotopic (exact) mass is 302 g/mol. The van der Waals surface area contributed by atoms with E-state index in [1.807, 2.05) is 50.2 Å². The maximum absolute atomic E-state index is 12.3. The summed E-state index contributed by atoms with van der Waals surface area (Å²) >= 11 is 3.49. The summed E-state index contributed by atoms with van der Waals surface area (Å²) in [4.78, 5) is 12.3. The fourth-order valence-corrected chi connectivity index (χ4v) is 2.45. The van der Waals surface area contributed by atoms with Crippen LogP contribution in [0.15, 0.2) is 46.9 Å². The number of hydrogen-bond donors (Lipinski definition) is 0. The van der Waals surface area contributed by atoms with Gasteiger partial charge in [-0.2, -0.15) is 0 Å². The topological polar surface area (TPSA) is 17.1 Å². The Hall–Kier alpha value is -1.41. The number of ketones is 1. The second-order valence-corrected chi connectivity index (χ2v) is 5.32. The molecule has 2 aromatic rings. The maximum Gasteiger partial charge on any atom is 0.168 e. The molecule has 2 rings (SSSR count). The smallest absolute Gasteiger partial charge is 0.168 e. The number of carbonyl (C=O) groups is 1. The average Bonchev–Trinajstić information content (AvgIpc) is 2.32. The van der Waals surface area contributed by atoms with E-state index < -0.39 is 0 Å². The van der Waals surface area contributed by atoms with Gasteiger partial charge < -0.3 is 0 Å². The fraction of sp³-hybridized carbons (Fsp3) is 0.188. The Balaban J connectivity index is 2.25. The highest BCUT2D eigenvalue weighted by Gasteiger charge is 2.11. The van der Waals surface area contributed by atoms with Crippen LogP contribution in [0.25, 0.3) is 0 Å².